The number of H-pyrrole nitrogens is 1. The van der Waals surface area contributed by atoms with E-state index in [1.54, 1.807) is 0 Å². The van der Waals surface area contributed by atoms with Gasteiger partial charge in [-0.25, -0.2) is 0 Å². The van der Waals surface area contributed by atoms with Crippen LogP contribution in [0.5, 0.6) is 0 Å². The second-order valence-corrected chi connectivity index (χ2v) is 6.24. The summed E-state index contributed by atoms with van der Waals surface area (Å²) in [5.74, 6) is 0.592. The minimum atomic E-state index is 0.0601. The molecule has 2 heterocycles. The van der Waals surface area contributed by atoms with Gasteiger partial charge in [0.1, 0.15) is 0 Å². The third-order valence-electron chi connectivity index (χ3n) is 4.16. The molecule has 2 nitrogen and oxygen atoms in total. The fourth-order valence-corrected chi connectivity index (χ4v) is 3.01. The first-order valence-electron chi connectivity index (χ1n) is 6.89. The average molecular weight is 242 g/mol. The van der Waals surface area contributed by atoms with Crippen molar-refractivity contribution in [1.29, 1.82) is 0 Å². The molecular weight excluding hydrogens is 220 g/mol. The lowest BCUT2D eigenvalue weighted by molar-refractivity contribution is 0.374. The summed E-state index contributed by atoms with van der Waals surface area (Å²) < 4.78 is 0. The van der Waals surface area contributed by atoms with Crippen molar-refractivity contribution in [3.8, 4) is 0 Å². The summed E-state index contributed by atoms with van der Waals surface area (Å²) in [6.45, 7) is 10.1. The zero-order chi connectivity index (χ0) is 12.9. The lowest BCUT2D eigenvalue weighted by atomic mass is 9.90. The lowest BCUT2D eigenvalue weighted by Crippen LogP contribution is -2.42. The summed E-state index contributed by atoms with van der Waals surface area (Å²) in [4.78, 5) is 3.61. The van der Waals surface area contributed by atoms with Gasteiger partial charge in [0.05, 0.1) is 5.54 Å². The highest BCUT2D eigenvalue weighted by Crippen LogP contribution is 2.34. The Morgan fingerprint density at radius 1 is 1.22 bits per heavy atom. The molecule has 2 heteroatoms. The van der Waals surface area contributed by atoms with Crippen LogP contribution in [-0.4, -0.2) is 11.5 Å². The van der Waals surface area contributed by atoms with Crippen LogP contribution >= 0.6 is 0 Å². The van der Waals surface area contributed by atoms with Crippen molar-refractivity contribution >= 4 is 10.9 Å². The maximum absolute atomic E-state index is 3.61. The van der Waals surface area contributed by atoms with E-state index in [0.29, 0.717) is 5.92 Å². The van der Waals surface area contributed by atoms with E-state index >= 15 is 0 Å². The van der Waals surface area contributed by atoms with Gasteiger partial charge in [-0.3, -0.25) is 0 Å². The van der Waals surface area contributed by atoms with Crippen LogP contribution in [0.2, 0.25) is 0 Å². The molecule has 1 aliphatic rings. The molecule has 0 fully saturated rings. The van der Waals surface area contributed by atoms with E-state index in [1.165, 1.54) is 27.7 Å². The predicted molar refractivity (Wildman–Crippen MR) is 77.1 cm³/mol. The maximum Gasteiger partial charge on any atom is 0.0532 e. The summed E-state index contributed by atoms with van der Waals surface area (Å²) in [6.07, 6.45) is 1.13. The first kappa shape index (κ1) is 11.8. The van der Waals surface area contributed by atoms with Gasteiger partial charge in [0.2, 0.25) is 0 Å². The van der Waals surface area contributed by atoms with Gasteiger partial charge in [0, 0.05) is 23.1 Å². The molecule has 0 atom stereocenters. The lowest BCUT2D eigenvalue weighted by Gasteiger charge is -2.31. The summed E-state index contributed by atoms with van der Waals surface area (Å²) in [6, 6.07) is 6.85. The van der Waals surface area contributed by atoms with Gasteiger partial charge in [-0.05, 0) is 49.4 Å². The van der Waals surface area contributed by atoms with E-state index in [1.807, 2.05) is 0 Å². The molecule has 2 N–H and O–H groups in total. The van der Waals surface area contributed by atoms with Crippen LogP contribution in [-0.2, 0) is 12.0 Å². The normalized spacial score (nSPS) is 18.3. The summed E-state index contributed by atoms with van der Waals surface area (Å²) in [5.41, 5.74) is 5.65. The maximum atomic E-state index is 3.61. The van der Waals surface area contributed by atoms with E-state index in [-0.39, 0.29) is 5.54 Å². The van der Waals surface area contributed by atoms with Crippen LogP contribution in [0.3, 0.4) is 0 Å². The molecule has 0 saturated carbocycles. The fourth-order valence-electron chi connectivity index (χ4n) is 3.01. The molecule has 0 saturated heterocycles. The van der Waals surface area contributed by atoms with E-state index < -0.39 is 0 Å². The molecule has 0 aliphatic carbocycles. The minimum absolute atomic E-state index is 0.0601. The SMILES string of the molecule is CC(C)c1ccc2[nH]c3c(c2c1)CCNC3(C)C. The molecule has 0 bridgehead atoms. The Balaban J connectivity index is 2.25. The standard InChI is InChI=1S/C16H22N2/c1-10(2)11-5-6-14-13(9-11)12-7-8-17-16(3,4)15(12)18-14/h5-6,9-10,17-18H,7-8H2,1-4H3. The zero-order valence-corrected chi connectivity index (χ0v) is 11.7. The molecule has 1 aromatic carbocycles. The van der Waals surface area contributed by atoms with Gasteiger partial charge >= 0.3 is 0 Å². The first-order valence-corrected chi connectivity index (χ1v) is 6.89. The molecule has 0 radical (unpaired) electrons. The van der Waals surface area contributed by atoms with Crippen LogP contribution in [0.25, 0.3) is 10.9 Å². The molecule has 18 heavy (non-hydrogen) atoms. The van der Waals surface area contributed by atoms with Crippen LogP contribution in [0.15, 0.2) is 18.2 Å². The number of aromatic nitrogens is 1. The largest absolute Gasteiger partial charge is 0.357 e. The van der Waals surface area contributed by atoms with Gasteiger partial charge in [-0.2, -0.15) is 0 Å². The molecule has 96 valence electrons. The number of benzene rings is 1. The average Bonchev–Trinajstić information content (AvgIpc) is 2.68. The van der Waals surface area contributed by atoms with Crippen molar-refractivity contribution < 1.29 is 0 Å². The third-order valence-corrected chi connectivity index (χ3v) is 4.16. The number of hydrogen-bond acceptors (Lipinski definition) is 1. The zero-order valence-electron chi connectivity index (χ0n) is 11.7. The molecule has 2 aromatic rings. The van der Waals surface area contributed by atoms with Crippen LogP contribution in [0, 0.1) is 0 Å². The first-order chi connectivity index (χ1) is 8.49. The Bertz CT molecular complexity index is 590. The number of hydrogen-bond donors (Lipinski definition) is 2. The molecule has 0 spiro atoms. The second kappa shape index (κ2) is 3.86. The van der Waals surface area contributed by atoms with E-state index in [0.717, 1.165) is 13.0 Å². The Labute approximate surface area is 109 Å². The highest BCUT2D eigenvalue weighted by Gasteiger charge is 2.29. The quantitative estimate of drug-likeness (QED) is 0.784. The van der Waals surface area contributed by atoms with Crippen molar-refractivity contribution in [2.75, 3.05) is 6.54 Å². The predicted octanol–water partition coefficient (Wildman–Crippen LogP) is 3.67. The molecular formula is C16H22N2. The summed E-state index contributed by atoms with van der Waals surface area (Å²) >= 11 is 0. The topological polar surface area (TPSA) is 27.8 Å². The Hall–Kier alpha value is -1.28. The van der Waals surface area contributed by atoms with Crippen LogP contribution in [0.1, 0.15) is 50.4 Å². The monoisotopic (exact) mass is 242 g/mol. The van der Waals surface area contributed by atoms with Crippen LogP contribution in [0.4, 0.5) is 0 Å². The van der Waals surface area contributed by atoms with E-state index in [2.05, 4.69) is 56.2 Å². The van der Waals surface area contributed by atoms with Crippen molar-refractivity contribution in [1.82, 2.24) is 10.3 Å². The molecule has 0 unspecified atom stereocenters. The van der Waals surface area contributed by atoms with Crippen molar-refractivity contribution in [3.05, 3.63) is 35.0 Å². The number of fused-ring (bicyclic) bond motifs is 3. The number of nitrogens with one attached hydrogen (secondary N) is 2. The van der Waals surface area contributed by atoms with Gasteiger partial charge in [-0.1, -0.05) is 19.9 Å². The highest BCUT2D eigenvalue weighted by molar-refractivity contribution is 5.86. The summed E-state index contributed by atoms with van der Waals surface area (Å²) in [5, 5.41) is 5.00. The molecule has 1 aromatic heterocycles. The Kier molecular flexibility index (Phi) is 2.53. The Morgan fingerprint density at radius 3 is 2.72 bits per heavy atom. The number of rotatable bonds is 1. The minimum Gasteiger partial charge on any atom is -0.357 e. The molecule has 0 amide bonds. The molecule has 1 aliphatic heterocycles. The summed E-state index contributed by atoms with van der Waals surface area (Å²) in [7, 11) is 0. The van der Waals surface area contributed by atoms with Gasteiger partial charge in [0.25, 0.3) is 0 Å². The van der Waals surface area contributed by atoms with Gasteiger partial charge in [-0.15, -0.1) is 0 Å². The van der Waals surface area contributed by atoms with Crippen molar-refractivity contribution in [3.63, 3.8) is 0 Å². The smallest absolute Gasteiger partial charge is 0.0532 e. The van der Waals surface area contributed by atoms with Crippen LogP contribution < -0.4 is 5.32 Å². The van der Waals surface area contributed by atoms with Gasteiger partial charge in [0.15, 0.2) is 0 Å². The molecule has 3 rings (SSSR count). The van der Waals surface area contributed by atoms with Gasteiger partial charge < -0.3 is 10.3 Å². The van der Waals surface area contributed by atoms with Crippen molar-refractivity contribution in [2.45, 2.75) is 45.6 Å². The highest BCUT2D eigenvalue weighted by atomic mass is 15.0. The van der Waals surface area contributed by atoms with E-state index in [4.69, 9.17) is 0 Å². The van der Waals surface area contributed by atoms with Crippen molar-refractivity contribution in [2.24, 2.45) is 0 Å². The number of aromatic amines is 1. The third kappa shape index (κ3) is 1.67. The Morgan fingerprint density at radius 2 is 2.00 bits per heavy atom. The van der Waals surface area contributed by atoms with E-state index in [9.17, 15) is 0 Å². The fraction of sp³-hybridized carbons (Fsp3) is 0.500. The second-order valence-electron chi connectivity index (χ2n) is 6.24.